The lowest BCUT2D eigenvalue weighted by Gasteiger charge is -2.18. The van der Waals surface area contributed by atoms with Crippen molar-refractivity contribution in [2.45, 2.75) is 38.7 Å². The molecule has 2 rings (SSSR count). The topological polar surface area (TPSA) is 101 Å². The van der Waals surface area contributed by atoms with Crippen LogP contribution in [0.25, 0.3) is 6.08 Å². The van der Waals surface area contributed by atoms with Gasteiger partial charge >= 0.3 is 5.69 Å². The molecule has 0 saturated carbocycles. The summed E-state index contributed by atoms with van der Waals surface area (Å²) in [5, 5.41) is 0. The van der Waals surface area contributed by atoms with Crippen molar-refractivity contribution in [1.29, 1.82) is 0 Å². The Balaban J connectivity index is 2.14. The Morgan fingerprint density at radius 2 is 2.00 bits per heavy atom. The van der Waals surface area contributed by atoms with E-state index in [0.717, 1.165) is 0 Å². The zero-order valence-corrected chi connectivity index (χ0v) is 17.0. The lowest BCUT2D eigenvalue weighted by molar-refractivity contribution is -0.139. The van der Waals surface area contributed by atoms with Crippen molar-refractivity contribution in [2.75, 3.05) is 33.4 Å². The minimum absolute atomic E-state index is 0.122. The van der Waals surface area contributed by atoms with Gasteiger partial charge in [0.15, 0.2) is 0 Å². The highest BCUT2D eigenvalue weighted by atomic mass is 79.9. The highest BCUT2D eigenvalue weighted by molar-refractivity contribution is 9.11. The monoisotopic (exact) mass is 448 g/mol. The van der Waals surface area contributed by atoms with Gasteiger partial charge in [0.2, 0.25) is 0 Å². The van der Waals surface area contributed by atoms with Crippen molar-refractivity contribution in [3.63, 3.8) is 0 Å². The number of hydrogen-bond acceptors (Lipinski definition) is 7. The molecule has 0 aromatic carbocycles. The predicted molar refractivity (Wildman–Crippen MR) is 102 cm³/mol. The molecular formula is C17H25BrN2O7. The summed E-state index contributed by atoms with van der Waals surface area (Å²) in [5.41, 5.74) is -0.681. The predicted octanol–water partition coefficient (Wildman–Crippen LogP) is 1.58. The fraction of sp³-hybridized carbons (Fsp3) is 0.647. The summed E-state index contributed by atoms with van der Waals surface area (Å²) in [6.45, 7) is 5.36. The Kier molecular flexibility index (Phi) is 9.39. The maximum absolute atomic E-state index is 12.2. The maximum Gasteiger partial charge on any atom is 0.330 e. The molecule has 1 N–H and O–H groups in total. The Morgan fingerprint density at radius 1 is 1.26 bits per heavy atom. The summed E-state index contributed by atoms with van der Waals surface area (Å²) in [5.74, 6) is 0. The van der Waals surface area contributed by atoms with Crippen molar-refractivity contribution in [3.05, 3.63) is 37.6 Å². The number of rotatable bonds is 11. The fourth-order valence-corrected chi connectivity index (χ4v) is 2.91. The van der Waals surface area contributed by atoms with E-state index in [1.54, 1.807) is 11.1 Å². The Morgan fingerprint density at radius 3 is 2.70 bits per heavy atom. The van der Waals surface area contributed by atoms with Gasteiger partial charge in [0.1, 0.15) is 25.9 Å². The van der Waals surface area contributed by atoms with Crippen LogP contribution in [0.15, 0.2) is 20.8 Å². The van der Waals surface area contributed by atoms with E-state index in [2.05, 4.69) is 20.9 Å². The minimum atomic E-state index is -0.593. The van der Waals surface area contributed by atoms with E-state index >= 15 is 0 Å². The summed E-state index contributed by atoms with van der Waals surface area (Å²) in [7, 11) is 0. The van der Waals surface area contributed by atoms with Crippen molar-refractivity contribution in [1.82, 2.24) is 9.55 Å². The molecule has 0 amide bonds. The van der Waals surface area contributed by atoms with Crippen LogP contribution in [-0.4, -0.2) is 55.2 Å². The first-order chi connectivity index (χ1) is 13.1. The summed E-state index contributed by atoms with van der Waals surface area (Å²) in [4.78, 5) is 27.9. The number of H-pyrrole nitrogens is 1. The summed E-state index contributed by atoms with van der Waals surface area (Å²) < 4.78 is 28.9. The average Bonchev–Trinajstić information content (AvgIpc) is 3.04. The molecule has 0 spiro atoms. The van der Waals surface area contributed by atoms with Gasteiger partial charge in [-0.3, -0.25) is 14.3 Å². The van der Waals surface area contributed by atoms with Crippen molar-refractivity contribution in [3.8, 4) is 0 Å². The maximum atomic E-state index is 12.2. The van der Waals surface area contributed by atoms with Crippen LogP contribution in [0.2, 0.25) is 0 Å². The molecule has 10 heteroatoms. The van der Waals surface area contributed by atoms with Crippen LogP contribution >= 0.6 is 15.9 Å². The second kappa shape index (κ2) is 11.5. The van der Waals surface area contributed by atoms with E-state index in [-0.39, 0.29) is 26.3 Å². The molecule has 1 saturated heterocycles. The second-order valence-electron chi connectivity index (χ2n) is 5.71. The van der Waals surface area contributed by atoms with Gasteiger partial charge in [-0.1, -0.05) is 15.9 Å². The molecule has 1 fully saturated rings. The smallest absolute Gasteiger partial charge is 0.330 e. The highest BCUT2D eigenvalue weighted by Gasteiger charge is 2.38. The fourth-order valence-electron chi connectivity index (χ4n) is 2.62. The van der Waals surface area contributed by atoms with E-state index in [1.807, 2.05) is 13.8 Å². The van der Waals surface area contributed by atoms with E-state index in [1.165, 1.54) is 10.8 Å². The lowest BCUT2D eigenvalue weighted by atomic mass is 10.2. The van der Waals surface area contributed by atoms with Crippen LogP contribution in [0.4, 0.5) is 0 Å². The quantitative estimate of drug-likeness (QED) is 0.404. The van der Waals surface area contributed by atoms with Gasteiger partial charge in [0.05, 0.1) is 18.3 Å². The SMILES string of the molecule is CCOCOC[C@@H]1O[C@H](n2cc(C=CBr)c(=O)[nH]c2=O)CC1OCOCC. The molecule has 1 aromatic rings. The number of aromatic amines is 1. The molecule has 27 heavy (non-hydrogen) atoms. The van der Waals surface area contributed by atoms with Crippen molar-refractivity contribution >= 4 is 22.0 Å². The van der Waals surface area contributed by atoms with Crippen LogP contribution in [0, 0.1) is 0 Å². The zero-order chi connectivity index (χ0) is 19.6. The first kappa shape index (κ1) is 22.0. The molecule has 1 aromatic heterocycles. The third-order valence-electron chi connectivity index (χ3n) is 3.95. The number of aromatic nitrogens is 2. The standard InChI is InChI=1S/C17H25BrN2O7/c1-3-23-10-25-9-14-13(26-11-24-4-2)7-15(27-14)20-8-12(5-6-18)16(21)19-17(20)22/h5-6,8,13-15H,3-4,7,9-11H2,1-2H3,(H,19,21,22)/t13?,14-,15-/m0/s1. The number of ether oxygens (including phenoxy) is 5. The van der Waals surface area contributed by atoms with E-state index < -0.39 is 23.6 Å². The van der Waals surface area contributed by atoms with E-state index in [9.17, 15) is 9.59 Å². The third kappa shape index (κ3) is 6.37. The second-order valence-corrected chi connectivity index (χ2v) is 6.23. The number of nitrogens with zero attached hydrogens (tertiary/aromatic N) is 1. The highest BCUT2D eigenvalue weighted by Crippen LogP contribution is 2.30. The van der Waals surface area contributed by atoms with Crippen molar-refractivity contribution < 1.29 is 23.7 Å². The van der Waals surface area contributed by atoms with Gasteiger partial charge in [0, 0.05) is 25.8 Å². The van der Waals surface area contributed by atoms with Gasteiger partial charge < -0.3 is 23.7 Å². The zero-order valence-electron chi connectivity index (χ0n) is 15.4. The van der Waals surface area contributed by atoms with Gasteiger partial charge in [-0.2, -0.15) is 0 Å². The Labute approximate surface area is 165 Å². The molecule has 152 valence electrons. The average molecular weight is 449 g/mol. The largest absolute Gasteiger partial charge is 0.356 e. The normalized spacial score (nSPS) is 22.7. The Bertz CT molecular complexity index is 718. The lowest BCUT2D eigenvalue weighted by Crippen LogP contribution is -2.33. The summed E-state index contributed by atoms with van der Waals surface area (Å²) in [6, 6.07) is 0. The van der Waals surface area contributed by atoms with Gasteiger partial charge in [-0.15, -0.1) is 0 Å². The molecule has 0 bridgehead atoms. The molecule has 1 aliphatic heterocycles. The molecule has 0 radical (unpaired) electrons. The number of hydrogen-bond donors (Lipinski definition) is 1. The van der Waals surface area contributed by atoms with Crippen LogP contribution in [0.3, 0.4) is 0 Å². The molecule has 1 aliphatic rings. The number of halogens is 1. The molecule has 0 aliphatic carbocycles. The van der Waals surface area contributed by atoms with Crippen LogP contribution in [0.5, 0.6) is 0 Å². The summed E-state index contributed by atoms with van der Waals surface area (Å²) in [6.07, 6.45) is 2.12. The van der Waals surface area contributed by atoms with Gasteiger partial charge in [-0.05, 0) is 24.9 Å². The number of nitrogens with one attached hydrogen (secondary N) is 1. The van der Waals surface area contributed by atoms with Crippen LogP contribution in [0.1, 0.15) is 32.1 Å². The minimum Gasteiger partial charge on any atom is -0.356 e. The first-order valence-electron chi connectivity index (χ1n) is 8.73. The van der Waals surface area contributed by atoms with E-state index in [0.29, 0.717) is 25.2 Å². The van der Waals surface area contributed by atoms with Crippen LogP contribution < -0.4 is 11.2 Å². The van der Waals surface area contributed by atoms with Gasteiger partial charge in [0.25, 0.3) is 5.56 Å². The summed E-state index contributed by atoms with van der Waals surface area (Å²) >= 11 is 3.13. The molecule has 2 heterocycles. The molecule has 1 unspecified atom stereocenters. The molecule has 9 nitrogen and oxygen atoms in total. The van der Waals surface area contributed by atoms with Crippen molar-refractivity contribution in [2.24, 2.45) is 0 Å². The van der Waals surface area contributed by atoms with Gasteiger partial charge in [-0.25, -0.2) is 4.79 Å². The molecule has 3 atom stereocenters. The van der Waals surface area contributed by atoms with E-state index in [4.69, 9.17) is 23.7 Å². The molecular weight excluding hydrogens is 424 g/mol. The first-order valence-corrected chi connectivity index (χ1v) is 9.64. The third-order valence-corrected chi connectivity index (χ3v) is 4.22. The van der Waals surface area contributed by atoms with Crippen LogP contribution in [-0.2, 0) is 23.7 Å². The Hall–Kier alpha value is -1.30.